The van der Waals surface area contributed by atoms with Gasteiger partial charge in [0, 0.05) is 5.71 Å². The lowest BCUT2D eigenvalue weighted by Crippen LogP contribution is -2.19. The molecule has 0 aliphatic rings. The van der Waals surface area contributed by atoms with Crippen molar-refractivity contribution >= 4 is 15.7 Å². The van der Waals surface area contributed by atoms with Gasteiger partial charge in [0.2, 0.25) is 0 Å². The number of phenolic OH excluding ortho intramolecular Hbond substituents is 1. The Balaban J connectivity index is 1.95. The number of benzene rings is 2. The average molecular weight is 332 g/mol. The molecule has 0 amide bonds. The Kier molecular flexibility index (Phi) is 5.39. The van der Waals surface area contributed by atoms with Gasteiger partial charge in [-0.15, -0.1) is 0 Å². The van der Waals surface area contributed by atoms with Crippen molar-refractivity contribution in [2.45, 2.75) is 31.6 Å². The van der Waals surface area contributed by atoms with E-state index < -0.39 is 10.0 Å². The quantitative estimate of drug-likeness (QED) is 0.630. The van der Waals surface area contributed by atoms with E-state index in [9.17, 15) is 13.5 Å². The molecular formula is C17H20N2O3S. The lowest BCUT2D eigenvalue weighted by molar-refractivity contribution is 0.475. The maximum absolute atomic E-state index is 12.1. The topological polar surface area (TPSA) is 78.8 Å². The van der Waals surface area contributed by atoms with Crippen molar-refractivity contribution in [1.82, 2.24) is 4.83 Å². The minimum absolute atomic E-state index is 0.193. The van der Waals surface area contributed by atoms with E-state index in [1.165, 1.54) is 0 Å². The van der Waals surface area contributed by atoms with Crippen LogP contribution in [0.1, 0.15) is 24.5 Å². The van der Waals surface area contributed by atoms with Crippen LogP contribution in [0.2, 0.25) is 0 Å². The van der Waals surface area contributed by atoms with E-state index in [2.05, 4.69) is 9.93 Å². The van der Waals surface area contributed by atoms with Crippen LogP contribution in [0.5, 0.6) is 5.75 Å². The standard InChI is InChI=1S/C17H20N2O3S/c1-13-3-11-17(12-4-13)23(21,22)19-18-14(2)5-6-15-7-9-16(20)10-8-15/h3-4,7-12,19-20H,5-6H2,1-2H3/b18-14-. The molecule has 0 aliphatic heterocycles. The van der Waals surface area contributed by atoms with Gasteiger partial charge in [0.15, 0.2) is 0 Å². The summed E-state index contributed by atoms with van der Waals surface area (Å²) in [4.78, 5) is 2.45. The maximum Gasteiger partial charge on any atom is 0.276 e. The summed E-state index contributed by atoms with van der Waals surface area (Å²) in [6.45, 7) is 3.67. The van der Waals surface area contributed by atoms with Crippen molar-refractivity contribution in [2.24, 2.45) is 5.10 Å². The molecule has 2 aromatic rings. The molecule has 5 nitrogen and oxygen atoms in total. The molecule has 2 rings (SSSR count). The zero-order valence-electron chi connectivity index (χ0n) is 13.2. The summed E-state index contributed by atoms with van der Waals surface area (Å²) in [5.41, 5.74) is 2.74. The van der Waals surface area contributed by atoms with Crippen LogP contribution in [0.4, 0.5) is 0 Å². The van der Waals surface area contributed by atoms with Crippen LogP contribution in [-0.4, -0.2) is 19.2 Å². The zero-order chi connectivity index (χ0) is 16.9. The van der Waals surface area contributed by atoms with Crippen LogP contribution in [0.3, 0.4) is 0 Å². The first kappa shape index (κ1) is 17.0. The number of aryl methyl sites for hydroxylation is 2. The highest BCUT2D eigenvalue weighted by Gasteiger charge is 2.12. The highest BCUT2D eigenvalue weighted by atomic mass is 32.2. The van der Waals surface area contributed by atoms with Crippen molar-refractivity contribution in [3.05, 3.63) is 59.7 Å². The van der Waals surface area contributed by atoms with E-state index >= 15 is 0 Å². The third-order valence-corrected chi connectivity index (χ3v) is 4.62. The van der Waals surface area contributed by atoms with Gasteiger partial charge in [0.1, 0.15) is 5.75 Å². The number of hydrogen-bond acceptors (Lipinski definition) is 4. The summed E-state index contributed by atoms with van der Waals surface area (Å²) >= 11 is 0. The number of nitrogens with one attached hydrogen (secondary N) is 1. The first-order valence-corrected chi connectivity index (χ1v) is 8.75. The van der Waals surface area contributed by atoms with Crippen molar-refractivity contribution in [1.29, 1.82) is 0 Å². The summed E-state index contributed by atoms with van der Waals surface area (Å²) in [5.74, 6) is 0.227. The molecule has 0 spiro atoms. The molecule has 0 bridgehead atoms. The highest BCUT2D eigenvalue weighted by Crippen LogP contribution is 2.12. The third-order valence-electron chi connectivity index (χ3n) is 3.40. The molecule has 0 aliphatic carbocycles. The minimum Gasteiger partial charge on any atom is -0.508 e. The van der Waals surface area contributed by atoms with Crippen molar-refractivity contribution in [2.75, 3.05) is 0 Å². The molecular weight excluding hydrogens is 312 g/mol. The summed E-state index contributed by atoms with van der Waals surface area (Å²) < 4.78 is 24.2. The van der Waals surface area contributed by atoms with Gasteiger partial charge in [0.05, 0.1) is 4.90 Å². The lowest BCUT2D eigenvalue weighted by atomic mass is 10.1. The molecule has 0 atom stereocenters. The summed E-state index contributed by atoms with van der Waals surface area (Å²) in [6, 6.07) is 13.5. The van der Waals surface area contributed by atoms with Gasteiger partial charge in [-0.2, -0.15) is 13.5 Å². The third kappa shape index (κ3) is 5.10. The Morgan fingerprint density at radius 3 is 2.30 bits per heavy atom. The van der Waals surface area contributed by atoms with E-state index in [0.29, 0.717) is 12.1 Å². The van der Waals surface area contributed by atoms with Crippen LogP contribution in [0.25, 0.3) is 0 Å². The first-order chi connectivity index (χ1) is 10.9. The fourth-order valence-electron chi connectivity index (χ4n) is 1.95. The van der Waals surface area contributed by atoms with Gasteiger partial charge in [-0.1, -0.05) is 29.8 Å². The molecule has 2 N–H and O–H groups in total. The predicted molar refractivity (Wildman–Crippen MR) is 91.0 cm³/mol. The molecule has 23 heavy (non-hydrogen) atoms. The number of rotatable bonds is 6. The maximum atomic E-state index is 12.1. The Morgan fingerprint density at radius 2 is 1.70 bits per heavy atom. The fourth-order valence-corrected chi connectivity index (χ4v) is 2.83. The second-order valence-electron chi connectivity index (χ2n) is 5.42. The van der Waals surface area contributed by atoms with E-state index in [0.717, 1.165) is 17.5 Å². The second-order valence-corrected chi connectivity index (χ2v) is 7.08. The lowest BCUT2D eigenvalue weighted by Gasteiger charge is -2.06. The van der Waals surface area contributed by atoms with Crippen LogP contribution < -0.4 is 4.83 Å². The van der Waals surface area contributed by atoms with Gasteiger partial charge < -0.3 is 5.11 Å². The molecule has 0 heterocycles. The summed E-state index contributed by atoms with van der Waals surface area (Å²) in [6.07, 6.45) is 1.35. The molecule has 2 aromatic carbocycles. The molecule has 122 valence electrons. The molecule has 0 saturated heterocycles. The SMILES string of the molecule is C/C(CCc1ccc(O)cc1)=N/NS(=O)(=O)c1ccc(C)cc1. The summed E-state index contributed by atoms with van der Waals surface area (Å²) in [5, 5.41) is 13.2. The Labute approximate surface area is 136 Å². The largest absolute Gasteiger partial charge is 0.508 e. The minimum atomic E-state index is -3.63. The molecule has 0 fully saturated rings. The zero-order valence-corrected chi connectivity index (χ0v) is 14.0. The van der Waals surface area contributed by atoms with Crippen molar-refractivity contribution in [3.63, 3.8) is 0 Å². The van der Waals surface area contributed by atoms with Crippen LogP contribution in [-0.2, 0) is 16.4 Å². The van der Waals surface area contributed by atoms with Crippen molar-refractivity contribution in [3.8, 4) is 5.75 Å². The summed E-state index contributed by atoms with van der Waals surface area (Å²) in [7, 11) is -3.63. The molecule has 0 radical (unpaired) electrons. The van der Waals surface area contributed by atoms with Crippen LogP contribution in [0, 0.1) is 6.92 Å². The van der Waals surface area contributed by atoms with Gasteiger partial charge >= 0.3 is 0 Å². The molecule has 0 saturated carbocycles. The Bertz CT molecular complexity index is 780. The van der Waals surface area contributed by atoms with Gasteiger partial charge in [-0.25, -0.2) is 4.83 Å². The molecule has 0 unspecified atom stereocenters. The molecule has 0 aromatic heterocycles. The van der Waals surface area contributed by atoms with E-state index in [1.807, 2.05) is 19.1 Å². The van der Waals surface area contributed by atoms with Gasteiger partial charge in [-0.3, -0.25) is 0 Å². The average Bonchev–Trinajstić information content (AvgIpc) is 2.53. The number of nitrogens with zero attached hydrogens (tertiary/aromatic N) is 1. The Morgan fingerprint density at radius 1 is 1.09 bits per heavy atom. The van der Waals surface area contributed by atoms with Crippen LogP contribution in [0.15, 0.2) is 58.5 Å². The second kappa shape index (κ2) is 7.28. The van der Waals surface area contributed by atoms with E-state index in [-0.39, 0.29) is 10.6 Å². The number of hydrogen-bond donors (Lipinski definition) is 2. The number of sulfonamides is 1. The van der Waals surface area contributed by atoms with E-state index in [1.54, 1.807) is 43.3 Å². The predicted octanol–water partition coefficient (Wildman–Crippen LogP) is 2.99. The van der Waals surface area contributed by atoms with Crippen LogP contribution >= 0.6 is 0 Å². The monoisotopic (exact) mass is 332 g/mol. The van der Waals surface area contributed by atoms with Gasteiger partial charge in [0.25, 0.3) is 10.0 Å². The highest BCUT2D eigenvalue weighted by molar-refractivity contribution is 7.89. The smallest absolute Gasteiger partial charge is 0.276 e. The number of aromatic hydroxyl groups is 1. The normalized spacial score (nSPS) is 12.2. The van der Waals surface area contributed by atoms with Gasteiger partial charge in [-0.05, 0) is 56.5 Å². The van der Waals surface area contributed by atoms with E-state index in [4.69, 9.17) is 0 Å². The Hall–Kier alpha value is -2.34. The number of phenols is 1. The first-order valence-electron chi connectivity index (χ1n) is 7.26. The van der Waals surface area contributed by atoms with Crippen molar-refractivity contribution < 1.29 is 13.5 Å². The fraction of sp³-hybridized carbons (Fsp3) is 0.235. The number of hydrazone groups is 1. The molecule has 6 heteroatoms.